The number of benzene rings is 1. The van der Waals surface area contributed by atoms with Gasteiger partial charge in [-0.1, -0.05) is 21.1 Å². The van der Waals surface area contributed by atoms with Gasteiger partial charge in [0.1, 0.15) is 5.75 Å². The second kappa shape index (κ2) is 5.65. The molecule has 6 nitrogen and oxygen atoms in total. The Balaban J connectivity index is 2.27. The fourth-order valence-corrected chi connectivity index (χ4v) is 1.72. The number of nitrogens with one attached hydrogen (secondary N) is 1. The Morgan fingerprint density at radius 3 is 3.00 bits per heavy atom. The van der Waals surface area contributed by atoms with Crippen LogP contribution in [0.2, 0.25) is 0 Å². The molecule has 1 aromatic heterocycles. The number of hydrogen-bond donors (Lipinski definition) is 2. The van der Waals surface area contributed by atoms with E-state index in [9.17, 15) is 4.79 Å². The number of nitrogens with zero attached hydrogens (tertiary/aromatic N) is 1. The lowest BCUT2D eigenvalue weighted by molar-refractivity contribution is -0.123. The van der Waals surface area contributed by atoms with Crippen LogP contribution in [-0.4, -0.2) is 17.7 Å². The largest absolute Gasteiger partial charge is 0.483 e. The summed E-state index contributed by atoms with van der Waals surface area (Å²) in [5.41, 5.74) is 2.69. The summed E-state index contributed by atoms with van der Waals surface area (Å²) < 4.78 is 11.3. The van der Waals surface area contributed by atoms with Crippen LogP contribution in [0, 0.1) is 0 Å². The molecule has 1 aromatic carbocycles. The number of rotatable bonds is 4. The summed E-state index contributed by atoms with van der Waals surface area (Å²) in [6.07, 6.45) is 1.53. The topological polar surface area (TPSA) is 90.4 Å². The molecule has 0 bridgehead atoms. The zero-order valence-electron chi connectivity index (χ0n) is 9.22. The quantitative estimate of drug-likeness (QED) is 0.507. The molecule has 0 aliphatic carbocycles. The monoisotopic (exact) mass is 311 g/mol. The van der Waals surface area contributed by atoms with Crippen LogP contribution in [-0.2, 0) is 4.79 Å². The van der Waals surface area contributed by atoms with Crippen molar-refractivity contribution in [3.63, 3.8) is 0 Å². The maximum absolute atomic E-state index is 11.0. The molecule has 0 unspecified atom stereocenters. The van der Waals surface area contributed by atoms with Gasteiger partial charge >= 0.3 is 0 Å². The maximum Gasteiger partial charge on any atom is 0.271 e. The predicted octanol–water partition coefficient (Wildman–Crippen LogP) is 1.47. The van der Waals surface area contributed by atoms with Gasteiger partial charge in [-0.05, 0) is 18.2 Å². The van der Waals surface area contributed by atoms with Gasteiger partial charge in [0.25, 0.3) is 5.91 Å². The van der Waals surface area contributed by atoms with Gasteiger partial charge in [0, 0.05) is 10.5 Å². The van der Waals surface area contributed by atoms with Gasteiger partial charge < -0.3 is 9.26 Å². The smallest absolute Gasteiger partial charge is 0.271 e. The van der Waals surface area contributed by atoms with E-state index in [1.807, 2.05) is 11.5 Å². The second-order valence-electron chi connectivity index (χ2n) is 3.37. The fourth-order valence-electron chi connectivity index (χ4n) is 1.36. The van der Waals surface area contributed by atoms with Crippen LogP contribution in [0.15, 0.2) is 39.5 Å². The highest BCUT2D eigenvalue weighted by molar-refractivity contribution is 9.10. The molecule has 0 saturated heterocycles. The van der Waals surface area contributed by atoms with E-state index in [1.165, 1.54) is 6.20 Å². The van der Waals surface area contributed by atoms with Gasteiger partial charge in [-0.2, -0.15) is 0 Å². The van der Waals surface area contributed by atoms with Gasteiger partial charge in [-0.25, -0.2) is 5.84 Å². The minimum absolute atomic E-state index is 0.167. The molecule has 2 aromatic rings. The van der Waals surface area contributed by atoms with Gasteiger partial charge in [0.05, 0.1) is 11.8 Å². The Bertz CT molecular complexity index is 542. The van der Waals surface area contributed by atoms with Crippen molar-refractivity contribution in [1.29, 1.82) is 0 Å². The highest BCUT2D eigenvalue weighted by Crippen LogP contribution is 2.32. The van der Waals surface area contributed by atoms with Crippen molar-refractivity contribution in [1.82, 2.24) is 10.6 Å². The number of hydrogen-bond acceptors (Lipinski definition) is 5. The van der Waals surface area contributed by atoms with Crippen molar-refractivity contribution in [3.8, 4) is 17.1 Å². The van der Waals surface area contributed by atoms with Crippen molar-refractivity contribution >= 4 is 21.8 Å². The molecule has 3 N–H and O–H groups in total. The summed E-state index contributed by atoms with van der Waals surface area (Å²) in [4.78, 5) is 11.0. The zero-order valence-corrected chi connectivity index (χ0v) is 10.8. The van der Waals surface area contributed by atoms with E-state index in [-0.39, 0.29) is 6.61 Å². The molecule has 0 fully saturated rings. The minimum Gasteiger partial charge on any atom is -0.483 e. The number of halogens is 1. The molecular formula is C11H10BrN3O3. The molecule has 2 rings (SSSR count). The van der Waals surface area contributed by atoms with Crippen molar-refractivity contribution in [2.24, 2.45) is 5.84 Å². The zero-order chi connectivity index (χ0) is 13.0. The van der Waals surface area contributed by atoms with Crippen LogP contribution >= 0.6 is 15.9 Å². The molecule has 0 radical (unpaired) electrons. The Hall–Kier alpha value is -1.86. The molecule has 0 aliphatic rings. The van der Waals surface area contributed by atoms with Gasteiger partial charge in [0.15, 0.2) is 12.4 Å². The van der Waals surface area contributed by atoms with Crippen LogP contribution in [0.1, 0.15) is 0 Å². The predicted molar refractivity (Wildman–Crippen MR) is 67.5 cm³/mol. The Morgan fingerprint density at radius 1 is 1.50 bits per heavy atom. The van der Waals surface area contributed by atoms with Gasteiger partial charge in [-0.15, -0.1) is 0 Å². The summed E-state index contributed by atoms with van der Waals surface area (Å²) in [5.74, 6) is 5.63. The van der Waals surface area contributed by atoms with Gasteiger partial charge in [0.2, 0.25) is 0 Å². The third kappa shape index (κ3) is 2.88. The molecular weight excluding hydrogens is 302 g/mol. The number of ether oxygens (including phenoxy) is 1. The standard InChI is InChI=1S/C11H10BrN3O3/c12-7-1-2-9(17-6-11(16)15-13)8(5-7)10-3-4-14-18-10/h1-5H,6,13H2,(H,15,16). The number of amides is 1. The SMILES string of the molecule is NNC(=O)COc1ccc(Br)cc1-c1ccno1. The third-order valence-corrected chi connectivity index (χ3v) is 2.66. The first kappa shape index (κ1) is 12.6. The van der Waals surface area contributed by atoms with E-state index < -0.39 is 5.91 Å². The Morgan fingerprint density at radius 2 is 2.33 bits per heavy atom. The lowest BCUT2D eigenvalue weighted by Gasteiger charge is -2.09. The van der Waals surface area contributed by atoms with E-state index >= 15 is 0 Å². The molecule has 7 heteroatoms. The van der Waals surface area contributed by atoms with E-state index in [0.29, 0.717) is 17.1 Å². The minimum atomic E-state index is -0.415. The summed E-state index contributed by atoms with van der Waals surface area (Å²) >= 11 is 3.36. The molecule has 94 valence electrons. The molecule has 0 aliphatic heterocycles. The number of carbonyl (C=O) groups is 1. The lowest BCUT2D eigenvalue weighted by atomic mass is 10.1. The van der Waals surface area contributed by atoms with Crippen molar-refractivity contribution in [2.75, 3.05) is 6.61 Å². The van der Waals surface area contributed by atoms with E-state index in [0.717, 1.165) is 4.47 Å². The van der Waals surface area contributed by atoms with Crippen LogP contribution in [0.3, 0.4) is 0 Å². The summed E-state index contributed by atoms with van der Waals surface area (Å²) in [5, 5.41) is 3.64. The normalized spacial score (nSPS) is 10.1. The molecule has 1 amide bonds. The number of carbonyl (C=O) groups excluding carboxylic acids is 1. The average molecular weight is 312 g/mol. The Kier molecular flexibility index (Phi) is 3.96. The van der Waals surface area contributed by atoms with Crippen molar-refractivity contribution in [3.05, 3.63) is 34.9 Å². The van der Waals surface area contributed by atoms with Crippen molar-refractivity contribution < 1.29 is 14.1 Å². The molecule has 1 heterocycles. The first-order chi connectivity index (χ1) is 8.70. The second-order valence-corrected chi connectivity index (χ2v) is 4.29. The summed E-state index contributed by atoms with van der Waals surface area (Å²) in [6, 6.07) is 7.05. The third-order valence-electron chi connectivity index (χ3n) is 2.16. The maximum atomic E-state index is 11.0. The van der Waals surface area contributed by atoms with Crippen LogP contribution in [0.25, 0.3) is 11.3 Å². The highest BCUT2D eigenvalue weighted by Gasteiger charge is 2.11. The number of hydrazine groups is 1. The molecule has 18 heavy (non-hydrogen) atoms. The summed E-state index contributed by atoms with van der Waals surface area (Å²) in [7, 11) is 0. The average Bonchev–Trinajstić information content (AvgIpc) is 2.90. The lowest BCUT2D eigenvalue weighted by Crippen LogP contribution is -2.34. The van der Waals surface area contributed by atoms with Crippen LogP contribution < -0.4 is 16.0 Å². The van der Waals surface area contributed by atoms with Crippen LogP contribution in [0.4, 0.5) is 0 Å². The number of aromatic nitrogens is 1. The van der Waals surface area contributed by atoms with Crippen molar-refractivity contribution in [2.45, 2.75) is 0 Å². The fraction of sp³-hybridized carbons (Fsp3) is 0.0909. The summed E-state index contributed by atoms with van der Waals surface area (Å²) in [6.45, 7) is -0.167. The first-order valence-corrected chi connectivity index (χ1v) is 5.83. The molecule has 0 atom stereocenters. The van der Waals surface area contributed by atoms with E-state index in [1.54, 1.807) is 18.2 Å². The molecule has 0 spiro atoms. The van der Waals surface area contributed by atoms with Gasteiger partial charge in [-0.3, -0.25) is 10.2 Å². The van der Waals surface area contributed by atoms with E-state index in [4.69, 9.17) is 15.1 Å². The van der Waals surface area contributed by atoms with Crippen LogP contribution in [0.5, 0.6) is 5.75 Å². The van der Waals surface area contributed by atoms with E-state index in [2.05, 4.69) is 21.1 Å². The Labute approximate surface area is 111 Å². The first-order valence-electron chi connectivity index (χ1n) is 5.03. The molecule has 0 saturated carbocycles. The highest BCUT2D eigenvalue weighted by atomic mass is 79.9. The number of nitrogens with two attached hydrogens (primary N) is 1.